The number of rotatable bonds is 7. The number of amides is 2. The summed E-state index contributed by atoms with van der Waals surface area (Å²) in [6.45, 7) is 0.322. The zero-order chi connectivity index (χ0) is 17.8. The molecule has 3 aromatic rings. The van der Waals surface area contributed by atoms with Crippen LogP contribution in [0.25, 0.3) is 21.7 Å². The van der Waals surface area contributed by atoms with E-state index in [4.69, 9.17) is 11.1 Å². The molecule has 0 unspecified atom stereocenters. The molecule has 0 bridgehead atoms. The van der Waals surface area contributed by atoms with Crippen molar-refractivity contribution in [2.75, 3.05) is 11.9 Å². The van der Waals surface area contributed by atoms with Crippen LogP contribution in [-0.4, -0.2) is 34.7 Å². The molecule has 2 aromatic heterocycles. The molecule has 1 aromatic carbocycles. The van der Waals surface area contributed by atoms with Gasteiger partial charge in [-0.3, -0.25) is 15.0 Å². The van der Waals surface area contributed by atoms with E-state index in [1.165, 1.54) is 11.3 Å². The van der Waals surface area contributed by atoms with Crippen molar-refractivity contribution in [2.45, 2.75) is 6.42 Å². The van der Waals surface area contributed by atoms with E-state index in [0.29, 0.717) is 30.8 Å². The van der Waals surface area contributed by atoms with Gasteiger partial charge in [0.2, 0.25) is 6.41 Å². The van der Waals surface area contributed by atoms with Gasteiger partial charge in [0.15, 0.2) is 0 Å². The normalized spacial score (nSPS) is 10.2. The molecule has 0 fully saturated rings. The van der Waals surface area contributed by atoms with Gasteiger partial charge < -0.3 is 21.4 Å². The molecule has 10 heteroatoms. The number of H-pyrrole nitrogens is 1. The van der Waals surface area contributed by atoms with E-state index in [-0.39, 0.29) is 24.1 Å². The first-order chi connectivity index (χ1) is 12.1. The van der Waals surface area contributed by atoms with Gasteiger partial charge in [-0.05, 0) is 30.3 Å². The average molecular weight is 393 g/mol. The van der Waals surface area contributed by atoms with Crippen LogP contribution in [0.4, 0.5) is 5.00 Å². The molecule has 2 heterocycles. The van der Waals surface area contributed by atoms with Gasteiger partial charge in [0.1, 0.15) is 5.82 Å². The Hall–Kier alpha value is -2.91. The summed E-state index contributed by atoms with van der Waals surface area (Å²) in [7, 11) is 0. The molecule has 6 N–H and O–H groups in total. The van der Waals surface area contributed by atoms with Crippen molar-refractivity contribution >= 4 is 57.9 Å². The van der Waals surface area contributed by atoms with Crippen molar-refractivity contribution in [3.05, 3.63) is 35.9 Å². The highest BCUT2D eigenvalue weighted by atomic mass is 35.5. The van der Waals surface area contributed by atoms with Crippen LogP contribution in [0.5, 0.6) is 0 Å². The molecule has 0 radical (unpaired) electrons. The van der Waals surface area contributed by atoms with E-state index in [1.807, 2.05) is 6.07 Å². The second-order valence-electron chi connectivity index (χ2n) is 5.27. The predicted molar refractivity (Wildman–Crippen MR) is 105 cm³/mol. The fourth-order valence-electron chi connectivity index (χ4n) is 2.28. The number of hydrogen-bond acceptors (Lipinski definition) is 5. The summed E-state index contributed by atoms with van der Waals surface area (Å²) < 4.78 is 0. The van der Waals surface area contributed by atoms with Gasteiger partial charge in [0, 0.05) is 18.5 Å². The maximum atomic E-state index is 12.1. The van der Waals surface area contributed by atoms with Crippen LogP contribution in [0.1, 0.15) is 16.8 Å². The van der Waals surface area contributed by atoms with Crippen LogP contribution < -0.4 is 16.4 Å². The fourth-order valence-corrected chi connectivity index (χ4v) is 3.09. The first-order valence-electron chi connectivity index (χ1n) is 7.48. The molecular weight excluding hydrogens is 376 g/mol. The number of nitrogens with zero attached hydrogens (tertiary/aromatic N) is 1. The number of halogens is 1. The molecule has 8 nitrogen and oxygen atoms in total. The van der Waals surface area contributed by atoms with Crippen molar-refractivity contribution in [1.82, 2.24) is 15.3 Å². The van der Waals surface area contributed by atoms with Crippen LogP contribution in [0, 0.1) is 5.41 Å². The van der Waals surface area contributed by atoms with Gasteiger partial charge in [0.25, 0.3) is 5.91 Å². The van der Waals surface area contributed by atoms with E-state index >= 15 is 0 Å². The number of anilines is 1. The number of hydrogen-bond donors (Lipinski definition) is 5. The average Bonchev–Trinajstić information content (AvgIpc) is 3.20. The van der Waals surface area contributed by atoms with E-state index < -0.39 is 0 Å². The Morgan fingerprint density at radius 2 is 2.15 bits per heavy atom. The molecular formula is C16H17ClN6O2S. The smallest absolute Gasteiger partial charge is 0.251 e. The lowest BCUT2D eigenvalue weighted by molar-refractivity contribution is -0.105. The number of aromatic nitrogens is 2. The first-order valence-corrected chi connectivity index (χ1v) is 8.29. The fraction of sp³-hybridized carbons (Fsp3) is 0.125. The summed E-state index contributed by atoms with van der Waals surface area (Å²) in [5.74, 6) is 0.481. The maximum Gasteiger partial charge on any atom is 0.251 e. The number of carbonyl (C=O) groups is 2. The number of thiophene rings is 1. The molecule has 0 saturated carbocycles. The molecule has 0 atom stereocenters. The highest BCUT2D eigenvalue weighted by Crippen LogP contribution is 2.30. The van der Waals surface area contributed by atoms with Crippen molar-refractivity contribution < 1.29 is 9.59 Å². The minimum absolute atomic E-state index is 0. The Balaban J connectivity index is 0.00000243. The van der Waals surface area contributed by atoms with Crippen LogP contribution in [0.3, 0.4) is 0 Å². The third kappa shape index (κ3) is 4.38. The number of imidazole rings is 1. The van der Waals surface area contributed by atoms with E-state index in [1.54, 1.807) is 24.3 Å². The second kappa shape index (κ2) is 8.45. The van der Waals surface area contributed by atoms with Crippen molar-refractivity contribution in [1.29, 1.82) is 5.41 Å². The van der Waals surface area contributed by atoms with Crippen molar-refractivity contribution in [3.8, 4) is 10.7 Å². The molecule has 2 amide bonds. The zero-order valence-electron chi connectivity index (χ0n) is 13.5. The molecule has 0 spiro atoms. The van der Waals surface area contributed by atoms with Gasteiger partial charge in [-0.1, -0.05) is 0 Å². The van der Waals surface area contributed by atoms with Gasteiger partial charge in [0.05, 0.1) is 26.7 Å². The monoisotopic (exact) mass is 392 g/mol. The summed E-state index contributed by atoms with van der Waals surface area (Å²) in [6.07, 6.45) is 0.947. The van der Waals surface area contributed by atoms with E-state index in [2.05, 4.69) is 20.6 Å². The second-order valence-corrected chi connectivity index (χ2v) is 6.36. The minimum atomic E-state index is -0.229. The molecule has 26 heavy (non-hydrogen) atoms. The Bertz CT molecular complexity index is 951. The number of amidine groups is 1. The summed E-state index contributed by atoms with van der Waals surface area (Å²) in [5, 5.41) is 13.2. The van der Waals surface area contributed by atoms with Crippen LogP contribution >= 0.6 is 23.7 Å². The van der Waals surface area contributed by atoms with Crippen molar-refractivity contribution in [3.63, 3.8) is 0 Å². The Kier molecular flexibility index (Phi) is 6.31. The Morgan fingerprint density at radius 3 is 2.88 bits per heavy atom. The van der Waals surface area contributed by atoms with Crippen molar-refractivity contribution in [2.24, 2.45) is 5.73 Å². The molecule has 0 aliphatic carbocycles. The minimum Gasteiger partial charge on any atom is -0.388 e. The summed E-state index contributed by atoms with van der Waals surface area (Å²) in [5.41, 5.74) is 7.25. The third-order valence-corrected chi connectivity index (χ3v) is 4.49. The van der Waals surface area contributed by atoms with Gasteiger partial charge >= 0.3 is 0 Å². The zero-order valence-corrected chi connectivity index (χ0v) is 15.2. The van der Waals surface area contributed by atoms with Gasteiger partial charge in [-0.2, -0.15) is 0 Å². The predicted octanol–water partition coefficient (Wildman–Crippen LogP) is 2.34. The molecule has 136 valence electrons. The molecule has 3 rings (SSSR count). The third-order valence-electron chi connectivity index (χ3n) is 3.46. The standard InChI is InChI=1S/C16H16N6O2S.ClH/c17-13(18)5-6-19-16(24)9-1-2-10-11(7-9)22-15(21-10)12-3-4-14(25-12)20-8-23;/h1-4,7-8H,5-6H2,(H3,17,18)(H,19,24)(H,20,23)(H,21,22);1H. The molecule has 0 aliphatic heterocycles. The summed E-state index contributed by atoms with van der Waals surface area (Å²) in [4.78, 5) is 31.2. The highest BCUT2D eigenvalue weighted by Gasteiger charge is 2.11. The lowest BCUT2D eigenvalue weighted by Gasteiger charge is -2.04. The summed E-state index contributed by atoms with van der Waals surface area (Å²) >= 11 is 1.40. The number of nitrogens with one attached hydrogen (secondary N) is 4. The number of benzene rings is 1. The van der Waals surface area contributed by atoms with Crippen LogP contribution in [0.2, 0.25) is 0 Å². The van der Waals surface area contributed by atoms with Crippen LogP contribution in [-0.2, 0) is 4.79 Å². The SMILES string of the molecule is Cl.N=C(N)CCNC(=O)c1ccc2nc(-c3ccc(NC=O)s3)[nH]c2c1. The van der Waals surface area contributed by atoms with E-state index in [0.717, 1.165) is 20.9 Å². The Morgan fingerprint density at radius 1 is 1.35 bits per heavy atom. The van der Waals surface area contributed by atoms with Gasteiger partial charge in [-0.25, -0.2) is 4.98 Å². The quantitative estimate of drug-likeness (QED) is 0.239. The Labute approximate surface area is 159 Å². The van der Waals surface area contributed by atoms with E-state index in [9.17, 15) is 9.59 Å². The molecule has 0 saturated heterocycles. The maximum absolute atomic E-state index is 12.1. The largest absolute Gasteiger partial charge is 0.388 e. The van der Waals surface area contributed by atoms with Crippen LogP contribution in [0.15, 0.2) is 30.3 Å². The van der Waals surface area contributed by atoms with Gasteiger partial charge in [-0.15, -0.1) is 23.7 Å². The number of carbonyl (C=O) groups excluding carboxylic acids is 2. The highest BCUT2D eigenvalue weighted by molar-refractivity contribution is 7.19. The summed E-state index contributed by atoms with van der Waals surface area (Å²) in [6, 6.07) is 8.86. The topological polar surface area (TPSA) is 137 Å². The first kappa shape index (κ1) is 19.4. The lowest BCUT2D eigenvalue weighted by atomic mass is 10.2. The lowest BCUT2D eigenvalue weighted by Crippen LogP contribution is -2.27. The molecule has 0 aliphatic rings. The number of aromatic amines is 1. The number of fused-ring (bicyclic) bond motifs is 1. The number of nitrogens with two attached hydrogens (primary N) is 1.